The van der Waals surface area contributed by atoms with E-state index in [1.54, 1.807) is 24.3 Å². The van der Waals surface area contributed by atoms with E-state index in [9.17, 15) is 18.0 Å². The average Bonchev–Trinajstić information content (AvgIpc) is 2.63. The van der Waals surface area contributed by atoms with Crippen LogP contribution in [0.3, 0.4) is 0 Å². The predicted octanol–water partition coefficient (Wildman–Crippen LogP) is 3.78. The minimum atomic E-state index is -4.04. The number of rotatable bonds is 7. The number of Topliss-reactive ketones (excluding diaryl/α,β-unsaturated/α-hetero) is 1. The molecule has 0 saturated carbocycles. The molecule has 9 heteroatoms. The highest BCUT2D eigenvalue weighted by atomic mass is 35.5. The number of nitrogens with one attached hydrogen (secondary N) is 1. The lowest BCUT2D eigenvalue weighted by molar-refractivity contribution is -0.147. The van der Waals surface area contributed by atoms with E-state index < -0.39 is 28.1 Å². The Bertz CT molecular complexity index is 990. The van der Waals surface area contributed by atoms with Gasteiger partial charge in [-0.1, -0.05) is 53.0 Å². The lowest BCUT2D eigenvalue weighted by atomic mass is 10.1. The molecule has 0 aliphatic carbocycles. The summed E-state index contributed by atoms with van der Waals surface area (Å²) in [5, 5.41) is 0.272. The van der Waals surface area contributed by atoms with Crippen molar-refractivity contribution in [1.82, 2.24) is 4.72 Å². The molecule has 150 valence electrons. The number of esters is 1. The van der Waals surface area contributed by atoms with Crippen LogP contribution >= 0.6 is 23.2 Å². The largest absolute Gasteiger partial charge is 0.453 e. The Labute approximate surface area is 173 Å². The molecule has 0 heterocycles. The van der Waals surface area contributed by atoms with Crippen LogP contribution in [0, 0.1) is 6.92 Å². The van der Waals surface area contributed by atoms with Gasteiger partial charge in [0.15, 0.2) is 6.10 Å². The van der Waals surface area contributed by atoms with Gasteiger partial charge in [0.05, 0.1) is 14.9 Å². The molecule has 0 bridgehead atoms. The van der Waals surface area contributed by atoms with Gasteiger partial charge >= 0.3 is 5.97 Å². The molecule has 0 aromatic heterocycles. The van der Waals surface area contributed by atoms with Crippen LogP contribution in [0.2, 0.25) is 10.0 Å². The number of ketones is 1. The van der Waals surface area contributed by atoms with Gasteiger partial charge in [0.25, 0.3) is 0 Å². The Hall–Kier alpha value is -1.93. The molecule has 0 saturated heterocycles. The van der Waals surface area contributed by atoms with Crippen molar-refractivity contribution in [2.45, 2.75) is 37.8 Å². The van der Waals surface area contributed by atoms with Crippen LogP contribution in [0.25, 0.3) is 0 Å². The standard InChI is InChI=1S/C19H19Cl2NO5S/c1-11-4-6-14(7-5-11)18(23)13(3)27-19(24)12(2)22-28(25,26)15-8-9-16(20)17(21)10-15/h4-10,12-13,22H,1-3H3/t12-,13?/m0/s1. The number of carbonyl (C=O) groups is 2. The molecule has 28 heavy (non-hydrogen) atoms. The maximum Gasteiger partial charge on any atom is 0.324 e. The van der Waals surface area contributed by atoms with E-state index in [0.29, 0.717) is 5.56 Å². The summed E-state index contributed by atoms with van der Waals surface area (Å²) in [5.74, 6) is -1.26. The molecule has 1 N–H and O–H groups in total. The summed E-state index contributed by atoms with van der Waals surface area (Å²) in [4.78, 5) is 24.4. The van der Waals surface area contributed by atoms with Crippen LogP contribution in [0.5, 0.6) is 0 Å². The highest BCUT2D eigenvalue weighted by Gasteiger charge is 2.27. The Kier molecular flexibility index (Phi) is 7.22. The second kappa shape index (κ2) is 9.05. The summed E-state index contributed by atoms with van der Waals surface area (Å²) in [7, 11) is -4.04. The van der Waals surface area contributed by atoms with Crippen molar-refractivity contribution in [2.75, 3.05) is 0 Å². The minimum absolute atomic E-state index is 0.0667. The van der Waals surface area contributed by atoms with E-state index >= 15 is 0 Å². The van der Waals surface area contributed by atoms with Crippen LogP contribution in [-0.4, -0.2) is 32.3 Å². The summed E-state index contributed by atoms with van der Waals surface area (Å²) in [5.41, 5.74) is 1.39. The van der Waals surface area contributed by atoms with E-state index in [2.05, 4.69) is 4.72 Å². The molecule has 1 unspecified atom stereocenters. The van der Waals surface area contributed by atoms with Gasteiger partial charge < -0.3 is 4.74 Å². The van der Waals surface area contributed by atoms with Crippen molar-refractivity contribution < 1.29 is 22.7 Å². The number of carbonyl (C=O) groups excluding carboxylic acids is 2. The Morgan fingerprint density at radius 3 is 2.18 bits per heavy atom. The molecule has 6 nitrogen and oxygen atoms in total. The third kappa shape index (κ3) is 5.54. The highest BCUT2D eigenvalue weighted by molar-refractivity contribution is 7.89. The molecule has 0 radical (unpaired) electrons. The summed E-state index contributed by atoms with van der Waals surface area (Å²) in [6.45, 7) is 4.64. The lowest BCUT2D eigenvalue weighted by Gasteiger charge is -2.17. The molecule has 2 aromatic carbocycles. The number of sulfonamides is 1. The van der Waals surface area contributed by atoms with Crippen LogP contribution in [0.15, 0.2) is 47.4 Å². The first-order valence-corrected chi connectivity index (χ1v) is 10.5. The normalized spacial score (nSPS) is 13.6. The van der Waals surface area contributed by atoms with Crippen molar-refractivity contribution in [3.8, 4) is 0 Å². The zero-order valence-corrected chi connectivity index (χ0v) is 17.7. The molecule has 2 rings (SSSR count). The Morgan fingerprint density at radius 1 is 1.00 bits per heavy atom. The zero-order valence-electron chi connectivity index (χ0n) is 15.4. The number of aryl methyl sites for hydroxylation is 1. The van der Waals surface area contributed by atoms with Crippen LogP contribution < -0.4 is 4.72 Å². The molecule has 0 aliphatic rings. The van der Waals surface area contributed by atoms with Crippen LogP contribution in [0.1, 0.15) is 29.8 Å². The van der Waals surface area contributed by atoms with Gasteiger partial charge in [-0.15, -0.1) is 0 Å². The summed E-state index contributed by atoms with van der Waals surface area (Å²) >= 11 is 11.6. The molecule has 0 spiro atoms. The van der Waals surface area contributed by atoms with Gasteiger partial charge in [-0.25, -0.2) is 8.42 Å². The van der Waals surface area contributed by atoms with E-state index in [1.807, 2.05) is 6.92 Å². The van der Waals surface area contributed by atoms with Gasteiger partial charge in [-0.3, -0.25) is 9.59 Å². The van der Waals surface area contributed by atoms with Gasteiger partial charge in [0.2, 0.25) is 15.8 Å². The maximum atomic E-state index is 12.4. The lowest BCUT2D eigenvalue weighted by Crippen LogP contribution is -2.41. The molecule has 2 atom stereocenters. The summed E-state index contributed by atoms with van der Waals surface area (Å²) in [6.07, 6.45) is -1.06. The third-order valence-electron chi connectivity index (χ3n) is 3.89. The van der Waals surface area contributed by atoms with E-state index in [0.717, 1.165) is 5.56 Å². The third-order valence-corrected chi connectivity index (χ3v) is 6.16. The fraction of sp³-hybridized carbons (Fsp3) is 0.263. The van der Waals surface area contributed by atoms with Gasteiger partial charge in [-0.2, -0.15) is 4.72 Å². The second-order valence-corrected chi connectivity index (χ2v) is 8.76. The minimum Gasteiger partial charge on any atom is -0.453 e. The molecule has 0 amide bonds. The van der Waals surface area contributed by atoms with E-state index in [-0.39, 0.29) is 20.7 Å². The topological polar surface area (TPSA) is 89.5 Å². The molecule has 0 fully saturated rings. The smallest absolute Gasteiger partial charge is 0.324 e. The van der Waals surface area contributed by atoms with Crippen molar-refractivity contribution in [1.29, 1.82) is 0 Å². The van der Waals surface area contributed by atoms with Crippen molar-refractivity contribution >= 4 is 45.0 Å². The van der Waals surface area contributed by atoms with Gasteiger partial charge in [0, 0.05) is 5.56 Å². The summed E-state index contributed by atoms with van der Waals surface area (Å²) in [6, 6.07) is 9.38. The van der Waals surface area contributed by atoms with Crippen molar-refractivity contribution in [2.24, 2.45) is 0 Å². The molecule has 0 aliphatic heterocycles. The zero-order chi connectivity index (χ0) is 21.1. The quantitative estimate of drug-likeness (QED) is 0.519. The Balaban J connectivity index is 2.04. The first kappa shape index (κ1) is 22.4. The maximum absolute atomic E-state index is 12.4. The Morgan fingerprint density at radius 2 is 1.61 bits per heavy atom. The number of hydrogen-bond acceptors (Lipinski definition) is 5. The average molecular weight is 444 g/mol. The fourth-order valence-electron chi connectivity index (χ4n) is 2.28. The second-order valence-electron chi connectivity index (χ2n) is 6.23. The molecular weight excluding hydrogens is 425 g/mol. The van der Waals surface area contributed by atoms with Crippen molar-refractivity contribution in [3.05, 3.63) is 63.6 Å². The first-order valence-electron chi connectivity index (χ1n) is 8.30. The van der Waals surface area contributed by atoms with Crippen LogP contribution in [-0.2, 0) is 19.6 Å². The van der Waals surface area contributed by atoms with E-state index in [1.165, 1.54) is 32.0 Å². The predicted molar refractivity (Wildman–Crippen MR) is 107 cm³/mol. The number of ether oxygens (including phenoxy) is 1. The number of benzene rings is 2. The first-order chi connectivity index (χ1) is 13.0. The highest BCUT2D eigenvalue weighted by Crippen LogP contribution is 2.24. The van der Waals surface area contributed by atoms with Crippen LogP contribution in [0.4, 0.5) is 0 Å². The van der Waals surface area contributed by atoms with Crippen molar-refractivity contribution in [3.63, 3.8) is 0 Å². The number of halogens is 2. The van der Waals surface area contributed by atoms with E-state index in [4.69, 9.17) is 27.9 Å². The van der Waals surface area contributed by atoms with Gasteiger partial charge in [0.1, 0.15) is 6.04 Å². The number of hydrogen-bond donors (Lipinski definition) is 1. The fourth-order valence-corrected chi connectivity index (χ4v) is 3.86. The van der Waals surface area contributed by atoms with Gasteiger partial charge in [-0.05, 0) is 39.0 Å². The molecule has 2 aromatic rings. The summed E-state index contributed by atoms with van der Waals surface area (Å²) < 4.78 is 32.1. The monoisotopic (exact) mass is 443 g/mol. The SMILES string of the molecule is Cc1ccc(C(=O)C(C)OC(=O)[C@H](C)NS(=O)(=O)c2ccc(Cl)c(Cl)c2)cc1. The molecular formula is C19H19Cl2NO5S.